The van der Waals surface area contributed by atoms with Gasteiger partial charge in [-0.25, -0.2) is 0 Å². The summed E-state index contributed by atoms with van der Waals surface area (Å²) in [6.07, 6.45) is 4.30. The second-order valence-corrected chi connectivity index (χ2v) is 13.5. The lowest BCUT2D eigenvalue weighted by Gasteiger charge is -2.42. The highest BCUT2D eigenvalue weighted by Crippen LogP contribution is 2.26. The highest BCUT2D eigenvalue weighted by molar-refractivity contribution is 5.66. The number of ether oxygens (including phenoxy) is 6. The molecule has 0 saturated carbocycles. The van der Waals surface area contributed by atoms with Crippen LogP contribution in [0, 0.1) is 0 Å². The molecule has 0 aromatic heterocycles. The predicted octanol–water partition coefficient (Wildman–Crippen LogP) is 1.84. The van der Waals surface area contributed by atoms with Crippen molar-refractivity contribution >= 4 is 5.97 Å². The Kier molecular flexibility index (Phi) is 23.3. The summed E-state index contributed by atoms with van der Waals surface area (Å²) in [5, 5.41) is 70.7. The Hall–Kier alpha value is -1.01. The number of aliphatic hydroxyl groups excluding tert-OH is 7. The molecule has 49 heavy (non-hydrogen) atoms. The zero-order chi connectivity index (χ0) is 36.0. The first kappa shape index (κ1) is 44.2. The highest BCUT2D eigenvalue weighted by atomic mass is 16.7. The summed E-state index contributed by atoms with van der Waals surface area (Å²) >= 11 is 0. The van der Waals surface area contributed by atoms with E-state index in [1.54, 1.807) is 0 Å². The van der Waals surface area contributed by atoms with Crippen LogP contribution in [0.3, 0.4) is 0 Å². The molecule has 11 unspecified atom stereocenters. The molecule has 0 aliphatic carbocycles. The SMILES string of the molecule is CCCCCCCCCCCCCCCCCCOCC(COC1OC(COC2OC(CO)C(O)C(O)C2O)C(O)C(O)C1O)OC(C)=O. The van der Waals surface area contributed by atoms with Gasteiger partial charge in [0, 0.05) is 13.5 Å². The molecule has 0 aromatic rings. The van der Waals surface area contributed by atoms with E-state index in [0.717, 1.165) is 19.3 Å². The van der Waals surface area contributed by atoms with Crippen LogP contribution in [0.25, 0.3) is 0 Å². The second-order valence-electron chi connectivity index (χ2n) is 13.5. The lowest BCUT2D eigenvalue weighted by molar-refractivity contribution is -0.332. The van der Waals surface area contributed by atoms with Crippen molar-refractivity contribution in [3.05, 3.63) is 0 Å². The van der Waals surface area contributed by atoms with Crippen molar-refractivity contribution in [3.8, 4) is 0 Å². The van der Waals surface area contributed by atoms with Crippen molar-refractivity contribution in [3.63, 3.8) is 0 Å². The molecule has 7 N–H and O–H groups in total. The van der Waals surface area contributed by atoms with Crippen LogP contribution in [-0.4, -0.2) is 142 Å². The minimum atomic E-state index is -1.69. The maximum Gasteiger partial charge on any atom is 0.303 e. The summed E-state index contributed by atoms with van der Waals surface area (Å²) in [6, 6.07) is 0. The van der Waals surface area contributed by atoms with E-state index in [2.05, 4.69) is 6.92 Å². The number of carbonyl (C=O) groups is 1. The van der Waals surface area contributed by atoms with Crippen molar-refractivity contribution in [1.29, 1.82) is 0 Å². The van der Waals surface area contributed by atoms with Crippen LogP contribution in [0.15, 0.2) is 0 Å². The van der Waals surface area contributed by atoms with Gasteiger partial charge in [0.15, 0.2) is 12.6 Å². The third-order valence-corrected chi connectivity index (χ3v) is 9.17. The zero-order valence-electron chi connectivity index (χ0n) is 29.7. The average Bonchev–Trinajstić information content (AvgIpc) is 3.08. The number of rotatable bonds is 27. The molecular weight excluding hydrogens is 644 g/mol. The lowest BCUT2D eigenvalue weighted by atomic mass is 9.98. The number of unbranched alkanes of at least 4 members (excludes halogenated alkanes) is 15. The first-order chi connectivity index (χ1) is 23.6. The van der Waals surface area contributed by atoms with Gasteiger partial charge in [-0.3, -0.25) is 4.79 Å². The van der Waals surface area contributed by atoms with E-state index >= 15 is 0 Å². The second kappa shape index (κ2) is 25.9. The molecule has 14 nitrogen and oxygen atoms in total. The number of hydrogen-bond donors (Lipinski definition) is 7. The summed E-state index contributed by atoms with van der Waals surface area (Å²) in [6.45, 7) is 2.68. The Morgan fingerprint density at radius 1 is 0.592 bits per heavy atom. The first-order valence-corrected chi connectivity index (χ1v) is 18.6. The summed E-state index contributed by atoms with van der Waals surface area (Å²) in [4.78, 5) is 11.7. The smallest absolute Gasteiger partial charge is 0.303 e. The molecule has 2 aliphatic rings. The fourth-order valence-corrected chi connectivity index (χ4v) is 6.11. The fraction of sp³-hybridized carbons (Fsp3) is 0.971. The van der Waals surface area contributed by atoms with Gasteiger partial charge >= 0.3 is 5.97 Å². The molecule has 0 radical (unpaired) electrons. The quantitative estimate of drug-likeness (QED) is 0.0479. The lowest BCUT2D eigenvalue weighted by Crippen LogP contribution is -2.61. The standard InChI is InChI=1S/C35H66O14/c1-3-4-5-6-7-8-9-10-11-12-13-14-15-16-17-18-19-44-21-25(47-24(2)37)22-45-34-33(43)31(41)29(39)27(49-34)23-46-35-32(42)30(40)28(38)26(20-36)48-35/h25-36,38-43H,3-23H2,1-2H3. The van der Waals surface area contributed by atoms with Gasteiger partial charge in [-0.1, -0.05) is 103 Å². The van der Waals surface area contributed by atoms with Crippen LogP contribution in [0.4, 0.5) is 0 Å². The van der Waals surface area contributed by atoms with Gasteiger partial charge in [0.25, 0.3) is 0 Å². The Bertz CT molecular complexity index is 834. The van der Waals surface area contributed by atoms with Gasteiger partial charge in [0.05, 0.1) is 26.4 Å². The monoisotopic (exact) mass is 710 g/mol. The van der Waals surface area contributed by atoms with E-state index < -0.39 is 86.7 Å². The van der Waals surface area contributed by atoms with E-state index in [0.29, 0.717) is 6.61 Å². The van der Waals surface area contributed by atoms with Crippen LogP contribution < -0.4 is 0 Å². The van der Waals surface area contributed by atoms with Crippen molar-refractivity contribution in [2.45, 2.75) is 184 Å². The van der Waals surface area contributed by atoms with Gasteiger partial charge in [0.1, 0.15) is 54.9 Å². The van der Waals surface area contributed by atoms with Crippen molar-refractivity contribution in [2.24, 2.45) is 0 Å². The maximum absolute atomic E-state index is 11.7. The summed E-state index contributed by atoms with van der Waals surface area (Å²) < 4.78 is 33.0. The Labute approximate surface area is 292 Å². The number of carbonyl (C=O) groups excluding carboxylic acids is 1. The zero-order valence-corrected chi connectivity index (χ0v) is 29.7. The van der Waals surface area contributed by atoms with Crippen LogP contribution in [0.1, 0.15) is 117 Å². The molecular formula is C35H66O14. The minimum Gasteiger partial charge on any atom is -0.458 e. The Morgan fingerprint density at radius 3 is 1.53 bits per heavy atom. The van der Waals surface area contributed by atoms with Crippen LogP contribution in [0.2, 0.25) is 0 Å². The highest BCUT2D eigenvalue weighted by Gasteiger charge is 2.47. The van der Waals surface area contributed by atoms with Crippen LogP contribution in [0.5, 0.6) is 0 Å². The fourth-order valence-electron chi connectivity index (χ4n) is 6.11. The van der Waals surface area contributed by atoms with Crippen molar-refractivity contribution < 1.29 is 69.0 Å². The third-order valence-electron chi connectivity index (χ3n) is 9.17. The molecule has 0 bridgehead atoms. The average molecular weight is 711 g/mol. The van der Waals surface area contributed by atoms with E-state index in [9.17, 15) is 40.5 Å². The Balaban J connectivity index is 1.62. The molecule has 2 rings (SSSR count). The molecule has 0 amide bonds. The summed E-state index contributed by atoms with van der Waals surface area (Å²) in [5.41, 5.74) is 0. The van der Waals surface area contributed by atoms with Crippen LogP contribution >= 0.6 is 0 Å². The Morgan fingerprint density at radius 2 is 1.04 bits per heavy atom. The summed E-state index contributed by atoms with van der Waals surface area (Å²) in [7, 11) is 0. The number of hydrogen-bond acceptors (Lipinski definition) is 14. The van der Waals surface area contributed by atoms with Crippen molar-refractivity contribution in [1.82, 2.24) is 0 Å². The molecule has 2 saturated heterocycles. The van der Waals surface area contributed by atoms with Crippen molar-refractivity contribution in [2.75, 3.05) is 33.0 Å². The van der Waals surface area contributed by atoms with Gasteiger partial charge in [-0.2, -0.15) is 0 Å². The van der Waals surface area contributed by atoms with Gasteiger partial charge in [-0.15, -0.1) is 0 Å². The first-order valence-electron chi connectivity index (χ1n) is 18.6. The van der Waals surface area contributed by atoms with E-state index in [1.165, 1.54) is 90.4 Å². The van der Waals surface area contributed by atoms with E-state index in [-0.39, 0.29) is 13.2 Å². The number of esters is 1. The van der Waals surface area contributed by atoms with Gasteiger partial charge in [0.2, 0.25) is 0 Å². The molecule has 2 fully saturated rings. The summed E-state index contributed by atoms with van der Waals surface area (Å²) in [5.74, 6) is -0.550. The van der Waals surface area contributed by atoms with Gasteiger partial charge < -0.3 is 64.2 Å². The number of aliphatic hydroxyl groups is 7. The normalized spacial score (nSPS) is 31.1. The maximum atomic E-state index is 11.7. The molecule has 11 atom stereocenters. The van der Waals surface area contributed by atoms with Crippen LogP contribution in [-0.2, 0) is 33.2 Å². The molecule has 2 aliphatic heterocycles. The minimum absolute atomic E-state index is 0.0515. The van der Waals surface area contributed by atoms with E-state index in [4.69, 9.17) is 28.4 Å². The molecule has 14 heteroatoms. The molecule has 0 spiro atoms. The predicted molar refractivity (Wildman–Crippen MR) is 178 cm³/mol. The van der Waals surface area contributed by atoms with E-state index in [1.807, 2.05) is 0 Å². The molecule has 2 heterocycles. The topological polar surface area (TPSA) is 214 Å². The molecule has 290 valence electrons. The third kappa shape index (κ3) is 16.9. The molecule has 0 aromatic carbocycles. The largest absolute Gasteiger partial charge is 0.458 e. The van der Waals surface area contributed by atoms with Gasteiger partial charge in [-0.05, 0) is 6.42 Å².